The second-order valence-electron chi connectivity index (χ2n) is 4.31. The monoisotopic (exact) mass is 252 g/mol. The van der Waals surface area contributed by atoms with Crippen molar-refractivity contribution in [3.63, 3.8) is 0 Å². The van der Waals surface area contributed by atoms with Crippen LogP contribution in [-0.4, -0.2) is 19.2 Å². The van der Waals surface area contributed by atoms with E-state index in [4.69, 9.17) is 4.74 Å². The van der Waals surface area contributed by atoms with E-state index < -0.39 is 0 Å². The fourth-order valence-corrected chi connectivity index (χ4v) is 2.21. The third kappa shape index (κ3) is 2.75. The number of rotatable bonds is 2. The molecule has 1 aliphatic rings. The Bertz CT molecular complexity index is 443. The van der Waals surface area contributed by atoms with Crippen LogP contribution in [0.2, 0.25) is 0 Å². The van der Waals surface area contributed by atoms with Gasteiger partial charge in [0.1, 0.15) is 11.9 Å². The molecule has 0 fully saturated rings. The van der Waals surface area contributed by atoms with Gasteiger partial charge in [-0.15, -0.1) is 12.6 Å². The average Bonchev–Trinajstić information content (AvgIpc) is 2.31. The van der Waals surface area contributed by atoms with Gasteiger partial charge in [0.25, 0.3) is 0 Å². The average molecular weight is 252 g/mol. The first-order valence-corrected chi connectivity index (χ1v) is 6.11. The summed E-state index contributed by atoms with van der Waals surface area (Å²) in [7, 11) is 1.40. The molecule has 17 heavy (non-hydrogen) atoms. The maximum Gasteiger partial charge on any atom is 0.309 e. The van der Waals surface area contributed by atoms with Crippen molar-refractivity contribution in [2.45, 2.75) is 37.2 Å². The van der Waals surface area contributed by atoms with Gasteiger partial charge in [-0.3, -0.25) is 4.79 Å². The van der Waals surface area contributed by atoms with E-state index in [9.17, 15) is 4.79 Å². The van der Waals surface area contributed by atoms with Gasteiger partial charge in [0.15, 0.2) is 0 Å². The van der Waals surface area contributed by atoms with Gasteiger partial charge in [-0.1, -0.05) is 0 Å². The minimum absolute atomic E-state index is 0.0693. The Labute approximate surface area is 107 Å². The summed E-state index contributed by atoms with van der Waals surface area (Å²) >= 11 is 4.40. The number of hydrogen-bond donors (Lipinski definition) is 1. The molecule has 1 unspecified atom stereocenters. The van der Waals surface area contributed by atoms with Crippen molar-refractivity contribution in [2.24, 2.45) is 0 Å². The molecule has 1 aromatic carbocycles. The molecule has 1 aromatic rings. The number of carbonyl (C=O) groups is 1. The number of thiol groups is 1. The number of hydrogen-bond acceptors (Lipinski definition) is 4. The lowest BCUT2D eigenvalue weighted by molar-refractivity contribution is -0.142. The van der Waals surface area contributed by atoms with E-state index in [2.05, 4.69) is 17.4 Å². The molecule has 0 aliphatic carbocycles. The van der Waals surface area contributed by atoms with Crippen molar-refractivity contribution in [2.75, 3.05) is 7.11 Å². The Morgan fingerprint density at radius 1 is 1.59 bits per heavy atom. The number of methoxy groups -OCH3 is 1. The molecule has 0 radical (unpaired) electrons. The predicted molar refractivity (Wildman–Crippen MR) is 67.8 cm³/mol. The quantitative estimate of drug-likeness (QED) is 0.649. The van der Waals surface area contributed by atoms with Crippen molar-refractivity contribution in [1.82, 2.24) is 0 Å². The summed E-state index contributed by atoms with van der Waals surface area (Å²) in [6, 6.07) is 4.03. The van der Waals surface area contributed by atoms with Gasteiger partial charge in [-0.05, 0) is 43.0 Å². The molecule has 0 saturated carbocycles. The highest BCUT2D eigenvalue weighted by Gasteiger charge is 2.23. The Morgan fingerprint density at radius 2 is 2.35 bits per heavy atom. The van der Waals surface area contributed by atoms with Crippen molar-refractivity contribution in [1.29, 1.82) is 0 Å². The Balaban J connectivity index is 2.13. The Morgan fingerprint density at radius 3 is 3.06 bits per heavy atom. The topological polar surface area (TPSA) is 35.5 Å². The first kappa shape index (κ1) is 12.3. The maximum absolute atomic E-state index is 11.2. The zero-order valence-electron chi connectivity index (χ0n) is 10.0. The largest absolute Gasteiger partial charge is 0.490 e. The molecule has 2 rings (SSSR count). The van der Waals surface area contributed by atoms with E-state index >= 15 is 0 Å². The molecule has 0 N–H and O–H groups in total. The smallest absolute Gasteiger partial charge is 0.309 e. The summed E-state index contributed by atoms with van der Waals surface area (Å²) in [6.07, 6.45) is 2.01. The highest BCUT2D eigenvalue weighted by molar-refractivity contribution is 7.80. The van der Waals surface area contributed by atoms with Crippen molar-refractivity contribution < 1.29 is 14.3 Å². The zero-order valence-corrected chi connectivity index (χ0v) is 10.9. The van der Waals surface area contributed by atoms with Gasteiger partial charge in [-0.25, -0.2) is 0 Å². The highest BCUT2D eigenvalue weighted by atomic mass is 32.1. The number of benzene rings is 1. The van der Waals surface area contributed by atoms with Crippen LogP contribution in [0.1, 0.15) is 24.0 Å². The molecule has 0 aromatic heterocycles. The van der Waals surface area contributed by atoms with Crippen LogP contribution in [0.4, 0.5) is 0 Å². The number of ether oxygens (including phenoxy) is 2. The van der Waals surface area contributed by atoms with Crippen LogP contribution in [-0.2, 0) is 16.0 Å². The number of esters is 1. The van der Waals surface area contributed by atoms with Crippen LogP contribution in [0.3, 0.4) is 0 Å². The first-order valence-electron chi connectivity index (χ1n) is 5.66. The standard InChI is InChI=1S/C13H16O3S/c1-8-5-11-9(6-12(8)17)3-4-10(16-11)7-13(14)15-2/h5-6,10,17H,3-4,7H2,1-2H3. The highest BCUT2D eigenvalue weighted by Crippen LogP contribution is 2.32. The fraction of sp³-hybridized carbons (Fsp3) is 0.462. The summed E-state index contributed by atoms with van der Waals surface area (Å²) in [5.41, 5.74) is 2.26. The molecule has 0 amide bonds. The van der Waals surface area contributed by atoms with Gasteiger partial charge < -0.3 is 9.47 Å². The molecule has 1 aliphatic heterocycles. The lowest BCUT2D eigenvalue weighted by Crippen LogP contribution is -2.26. The van der Waals surface area contributed by atoms with Crippen molar-refractivity contribution in [3.8, 4) is 5.75 Å². The predicted octanol–water partition coefficient (Wildman–Crippen LogP) is 2.54. The molecular weight excluding hydrogens is 236 g/mol. The third-order valence-electron chi connectivity index (χ3n) is 3.03. The van der Waals surface area contributed by atoms with Gasteiger partial charge in [0.05, 0.1) is 13.5 Å². The second-order valence-corrected chi connectivity index (χ2v) is 4.79. The van der Waals surface area contributed by atoms with Crippen LogP contribution >= 0.6 is 12.6 Å². The van der Waals surface area contributed by atoms with E-state index in [1.165, 1.54) is 12.7 Å². The zero-order chi connectivity index (χ0) is 12.4. The molecule has 0 saturated heterocycles. The number of carbonyl (C=O) groups excluding carboxylic acids is 1. The normalized spacial score (nSPS) is 18.2. The number of aryl methyl sites for hydroxylation is 2. The lowest BCUT2D eigenvalue weighted by atomic mass is 9.99. The van der Waals surface area contributed by atoms with Crippen LogP contribution in [0.15, 0.2) is 17.0 Å². The van der Waals surface area contributed by atoms with E-state index in [0.717, 1.165) is 29.1 Å². The number of fused-ring (bicyclic) bond motifs is 1. The van der Waals surface area contributed by atoms with Gasteiger partial charge >= 0.3 is 5.97 Å². The Kier molecular flexibility index (Phi) is 3.62. The van der Waals surface area contributed by atoms with Crippen molar-refractivity contribution in [3.05, 3.63) is 23.3 Å². The van der Waals surface area contributed by atoms with E-state index in [0.29, 0.717) is 6.42 Å². The molecular formula is C13H16O3S. The Hall–Kier alpha value is -1.16. The van der Waals surface area contributed by atoms with E-state index in [-0.39, 0.29) is 12.1 Å². The summed E-state index contributed by atoms with van der Waals surface area (Å²) in [5.74, 6) is 0.654. The summed E-state index contributed by atoms with van der Waals surface area (Å²) < 4.78 is 10.5. The minimum Gasteiger partial charge on any atom is -0.490 e. The molecule has 0 bridgehead atoms. The lowest BCUT2D eigenvalue weighted by Gasteiger charge is -2.26. The van der Waals surface area contributed by atoms with Crippen LogP contribution in [0.5, 0.6) is 5.75 Å². The van der Waals surface area contributed by atoms with Gasteiger partial charge in [-0.2, -0.15) is 0 Å². The summed E-state index contributed by atoms with van der Waals surface area (Å²) in [6.45, 7) is 2.00. The molecule has 4 heteroatoms. The molecule has 1 heterocycles. The van der Waals surface area contributed by atoms with E-state index in [1.807, 2.05) is 19.1 Å². The van der Waals surface area contributed by atoms with Gasteiger partial charge in [0.2, 0.25) is 0 Å². The molecule has 1 atom stereocenters. The third-order valence-corrected chi connectivity index (χ3v) is 3.51. The van der Waals surface area contributed by atoms with Crippen LogP contribution < -0.4 is 4.74 Å². The summed E-state index contributed by atoms with van der Waals surface area (Å²) in [5, 5.41) is 0. The molecule has 3 nitrogen and oxygen atoms in total. The first-order chi connectivity index (χ1) is 8.10. The van der Waals surface area contributed by atoms with Crippen molar-refractivity contribution >= 4 is 18.6 Å². The van der Waals surface area contributed by atoms with Crippen LogP contribution in [0.25, 0.3) is 0 Å². The summed E-state index contributed by atoms with van der Waals surface area (Å²) in [4.78, 5) is 12.2. The van der Waals surface area contributed by atoms with Crippen LogP contribution in [0, 0.1) is 6.92 Å². The molecule has 0 spiro atoms. The van der Waals surface area contributed by atoms with Gasteiger partial charge in [0, 0.05) is 4.90 Å². The second kappa shape index (κ2) is 5.00. The fourth-order valence-electron chi connectivity index (χ4n) is 1.99. The minimum atomic E-state index is -0.221. The van der Waals surface area contributed by atoms with E-state index in [1.54, 1.807) is 0 Å². The SMILES string of the molecule is COC(=O)CC1CCc2cc(S)c(C)cc2O1. The molecule has 92 valence electrons. The maximum atomic E-state index is 11.2.